The summed E-state index contributed by atoms with van der Waals surface area (Å²) in [6, 6.07) is -0.0518. The second kappa shape index (κ2) is 9.00. The topological polar surface area (TPSA) is 75.8 Å². The molecule has 1 aliphatic carbocycles. The second-order valence-corrected chi connectivity index (χ2v) is 7.55. The number of aliphatic hydroxyl groups excluding tert-OH is 1. The van der Waals surface area contributed by atoms with E-state index < -0.39 is 0 Å². The van der Waals surface area contributed by atoms with Gasteiger partial charge < -0.3 is 20.5 Å². The van der Waals surface area contributed by atoms with Crippen molar-refractivity contribution in [3.8, 4) is 0 Å². The molecule has 2 atom stereocenters. The molecule has 0 radical (unpaired) electrons. The molecule has 0 aromatic heterocycles. The van der Waals surface area contributed by atoms with Crippen LogP contribution in [0.15, 0.2) is 0 Å². The number of nitrogens with zero attached hydrogens (tertiary/aromatic N) is 1. The van der Waals surface area contributed by atoms with E-state index in [1.807, 2.05) is 4.90 Å². The maximum atomic E-state index is 12.2. The predicted molar refractivity (Wildman–Crippen MR) is 90.9 cm³/mol. The highest BCUT2D eigenvalue weighted by Crippen LogP contribution is 2.31. The largest absolute Gasteiger partial charge is 0.396 e. The monoisotopic (exact) mass is 326 g/mol. The lowest BCUT2D eigenvalue weighted by Gasteiger charge is -2.41. The zero-order valence-corrected chi connectivity index (χ0v) is 14.7. The molecule has 0 aromatic rings. The fourth-order valence-electron chi connectivity index (χ4n) is 4.01. The van der Waals surface area contributed by atoms with Gasteiger partial charge in [-0.15, -0.1) is 0 Å². The van der Waals surface area contributed by atoms with Gasteiger partial charge in [-0.3, -0.25) is 4.79 Å². The number of rotatable bonds is 6. The Morgan fingerprint density at radius 3 is 2.57 bits per heavy atom. The quantitative estimate of drug-likeness (QED) is 0.782. The van der Waals surface area contributed by atoms with Crippen molar-refractivity contribution in [3.05, 3.63) is 0 Å². The standard InChI is InChI=1S/C18H34N2O3/c1-13(2)14-5-7-15(8-6-14)23-12-17-16(19)4-3-10-20(17)18(22)9-11-21/h13-17,21H,3-12,19H2,1-2H3/t14?,15?,16-,17-/m0/s1. The van der Waals surface area contributed by atoms with Crippen LogP contribution in [0.25, 0.3) is 0 Å². The highest BCUT2D eigenvalue weighted by Gasteiger charge is 2.33. The van der Waals surface area contributed by atoms with Crippen LogP contribution in [0.4, 0.5) is 0 Å². The van der Waals surface area contributed by atoms with E-state index in [2.05, 4.69) is 13.8 Å². The molecule has 2 rings (SSSR count). The summed E-state index contributed by atoms with van der Waals surface area (Å²) in [6.07, 6.45) is 7.10. The van der Waals surface area contributed by atoms with Crippen molar-refractivity contribution in [2.45, 2.75) is 77.0 Å². The van der Waals surface area contributed by atoms with Crippen LogP contribution >= 0.6 is 0 Å². The van der Waals surface area contributed by atoms with Gasteiger partial charge in [0.15, 0.2) is 0 Å². The molecule has 5 heteroatoms. The number of hydrogen-bond donors (Lipinski definition) is 2. The van der Waals surface area contributed by atoms with Gasteiger partial charge in [-0.2, -0.15) is 0 Å². The predicted octanol–water partition coefficient (Wildman–Crippen LogP) is 1.92. The molecule has 0 aromatic carbocycles. The molecule has 2 fully saturated rings. The lowest BCUT2D eigenvalue weighted by molar-refractivity contribution is -0.139. The first-order valence-electron chi connectivity index (χ1n) is 9.30. The van der Waals surface area contributed by atoms with Crippen LogP contribution in [0.5, 0.6) is 0 Å². The number of hydrogen-bond acceptors (Lipinski definition) is 4. The van der Waals surface area contributed by atoms with Gasteiger partial charge >= 0.3 is 0 Å². The van der Waals surface area contributed by atoms with Gasteiger partial charge in [0, 0.05) is 19.0 Å². The molecule has 2 aliphatic rings. The van der Waals surface area contributed by atoms with E-state index in [0.717, 1.165) is 44.1 Å². The summed E-state index contributed by atoms with van der Waals surface area (Å²) in [6.45, 7) is 5.78. The van der Waals surface area contributed by atoms with Crippen LogP contribution < -0.4 is 5.73 Å². The Morgan fingerprint density at radius 1 is 1.26 bits per heavy atom. The maximum Gasteiger partial charge on any atom is 0.225 e. The minimum absolute atomic E-state index is 0.000217. The average molecular weight is 326 g/mol. The third-order valence-electron chi connectivity index (χ3n) is 5.64. The summed E-state index contributed by atoms with van der Waals surface area (Å²) in [5.74, 6) is 1.59. The normalized spacial score (nSPS) is 32.3. The maximum absolute atomic E-state index is 12.2. The summed E-state index contributed by atoms with van der Waals surface area (Å²) < 4.78 is 6.14. The van der Waals surface area contributed by atoms with Crippen molar-refractivity contribution in [3.63, 3.8) is 0 Å². The Morgan fingerprint density at radius 2 is 1.96 bits per heavy atom. The Bertz CT molecular complexity index is 367. The number of aliphatic hydroxyl groups is 1. The number of ether oxygens (including phenoxy) is 1. The summed E-state index contributed by atoms with van der Waals surface area (Å²) in [5.41, 5.74) is 6.24. The zero-order chi connectivity index (χ0) is 16.8. The summed E-state index contributed by atoms with van der Waals surface area (Å²) in [7, 11) is 0. The molecule has 1 aliphatic heterocycles. The highest BCUT2D eigenvalue weighted by atomic mass is 16.5. The summed E-state index contributed by atoms with van der Waals surface area (Å²) in [4.78, 5) is 14.0. The Labute approximate surface area is 140 Å². The van der Waals surface area contributed by atoms with Crippen LogP contribution in [0.2, 0.25) is 0 Å². The van der Waals surface area contributed by atoms with E-state index in [4.69, 9.17) is 15.6 Å². The Kier molecular flexibility index (Phi) is 7.31. The van der Waals surface area contributed by atoms with E-state index in [1.54, 1.807) is 0 Å². The number of carbonyl (C=O) groups is 1. The number of likely N-dealkylation sites (tertiary alicyclic amines) is 1. The number of amides is 1. The van der Waals surface area contributed by atoms with Crippen LogP contribution in [-0.2, 0) is 9.53 Å². The lowest BCUT2D eigenvalue weighted by Crippen LogP contribution is -2.56. The van der Waals surface area contributed by atoms with Crippen molar-refractivity contribution in [1.29, 1.82) is 0 Å². The third-order valence-corrected chi connectivity index (χ3v) is 5.64. The minimum Gasteiger partial charge on any atom is -0.396 e. The van der Waals surface area contributed by atoms with Crippen molar-refractivity contribution in [1.82, 2.24) is 4.90 Å². The molecular weight excluding hydrogens is 292 g/mol. The van der Waals surface area contributed by atoms with Crippen molar-refractivity contribution in [2.75, 3.05) is 19.8 Å². The molecule has 1 heterocycles. The number of nitrogens with two attached hydrogens (primary N) is 1. The molecule has 134 valence electrons. The Hall–Kier alpha value is -0.650. The van der Waals surface area contributed by atoms with Gasteiger partial charge in [-0.25, -0.2) is 0 Å². The summed E-state index contributed by atoms with van der Waals surface area (Å²) in [5, 5.41) is 9.01. The molecule has 5 nitrogen and oxygen atoms in total. The molecule has 3 N–H and O–H groups in total. The Balaban J connectivity index is 1.83. The second-order valence-electron chi connectivity index (χ2n) is 7.55. The number of piperidine rings is 1. The first-order valence-corrected chi connectivity index (χ1v) is 9.30. The fraction of sp³-hybridized carbons (Fsp3) is 0.944. The zero-order valence-electron chi connectivity index (χ0n) is 14.7. The van der Waals surface area contributed by atoms with E-state index in [-0.39, 0.29) is 31.0 Å². The van der Waals surface area contributed by atoms with Gasteiger partial charge in [-0.1, -0.05) is 13.8 Å². The molecule has 0 spiro atoms. The van der Waals surface area contributed by atoms with E-state index in [1.165, 1.54) is 12.8 Å². The number of carbonyl (C=O) groups excluding carboxylic acids is 1. The third kappa shape index (κ3) is 5.16. The minimum atomic E-state index is -0.0998. The van der Waals surface area contributed by atoms with Crippen molar-refractivity contribution < 1.29 is 14.6 Å². The van der Waals surface area contributed by atoms with Crippen molar-refractivity contribution >= 4 is 5.91 Å². The van der Waals surface area contributed by atoms with Crippen molar-refractivity contribution in [2.24, 2.45) is 17.6 Å². The molecule has 1 amide bonds. The molecule has 23 heavy (non-hydrogen) atoms. The van der Waals surface area contributed by atoms with Gasteiger partial charge in [0.2, 0.25) is 5.91 Å². The van der Waals surface area contributed by atoms with E-state index >= 15 is 0 Å². The van der Waals surface area contributed by atoms with Crippen LogP contribution in [-0.4, -0.2) is 53.9 Å². The average Bonchev–Trinajstić information content (AvgIpc) is 2.54. The first-order chi connectivity index (χ1) is 11.0. The molecular formula is C18H34N2O3. The molecule has 0 unspecified atom stereocenters. The SMILES string of the molecule is CC(C)C1CCC(OC[C@H]2[C@@H](N)CCCN2C(=O)CCO)CC1. The lowest BCUT2D eigenvalue weighted by atomic mass is 9.80. The molecule has 0 bridgehead atoms. The molecule has 1 saturated heterocycles. The van der Waals surface area contributed by atoms with Crippen LogP contribution in [0, 0.1) is 11.8 Å². The summed E-state index contributed by atoms with van der Waals surface area (Å²) >= 11 is 0. The smallest absolute Gasteiger partial charge is 0.225 e. The van der Waals surface area contributed by atoms with Gasteiger partial charge in [-0.05, 0) is 50.4 Å². The van der Waals surface area contributed by atoms with Gasteiger partial charge in [0.25, 0.3) is 0 Å². The van der Waals surface area contributed by atoms with E-state index in [0.29, 0.717) is 12.7 Å². The first kappa shape index (κ1) is 18.7. The van der Waals surface area contributed by atoms with E-state index in [9.17, 15) is 4.79 Å². The fourth-order valence-corrected chi connectivity index (χ4v) is 4.01. The van der Waals surface area contributed by atoms with Crippen LogP contribution in [0.1, 0.15) is 58.8 Å². The highest BCUT2D eigenvalue weighted by molar-refractivity contribution is 5.76. The van der Waals surface area contributed by atoms with Crippen LogP contribution in [0.3, 0.4) is 0 Å². The van der Waals surface area contributed by atoms with Gasteiger partial charge in [0.1, 0.15) is 0 Å². The molecule has 1 saturated carbocycles. The van der Waals surface area contributed by atoms with Gasteiger partial charge in [0.05, 0.1) is 25.4 Å².